The Kier molecular flexibility index (Phi) is 6.72. The summed E-state index contributed by atoms with van der Waals surface area (Å²) in [5.41, 5.74) is 2.88. The second-order valence-corrected chi connectivity index (χ2v) is 13.7. The van der Waals surface area contributed by atoms with E-state index in [1.165, 1.54) is 57.8 Å². The van der Waals surface area contributed by atoms with E-state index in [1.54, 1.807) is 0 Å². The van der Waals surface area contributed by atoms with Gasteiger partial charge in [-0.2, -0.15) is 0 Å². The zero-order chi connectivity index (χ0) is 21.7. The number of allylic oxidation sites excluding steroid dienone is 4. The van der Waals surface area contributed by atoms with Gasteiger partial charge in [0.15, 0.2) is 0 Å². The number of hydrogen-bond donors (Lipinski definition) is 0. The minimum Gasteiger partial charge on any atom is -0.0887 e. The van der Waals surface area contributed by atoms with Crippen LogP contribution in [0, 0.1) is 52.3 Å². The van der Waals surface area contributed by atoms with Crippen LogP contribution >= 0.6 is 15.9 Å². The predicted molar refractivity (Wildman–Crippen MR) is 135 cm³/mol. The van der Waals surface area contributed by atoms with E-state index < -0.39 is 0 Å². The molecule has 0 spiro atoms. The molecule has 4 rings (SSSR count). The Balaban J connectivity index is 1.52. The molecule has 0 aromatic carbocycles. The second kappa shape index (κ2) is 8.72. The summed E-state index contributed by atoms with van der Waals surface area (Å²) in [6.45, 7) is 15.0. The van der Waals surface area contributed by atoms with Crippen molar-refractivity contribution in [2.75, 3.05) is 0 Å². The van der Waals surface area contributed by atoms with Gasteiger partial charge < -0.3 is 0 Å². The molecule has 0 unspecified atom stereocenters. The topological polar surface area (TPSA) is 0 Å². The Morgan fingerprint density at radius 2 is 1.80 bits per heavy atom. The van der Waals surface area contributed by atoms with Crippen molar-refractivity contribution in [2.24, 2.45) is 52.3 Å². The van der Waals surface area contributed by atoms with Gasteiger partial charge in [-0.1, -0.05) is 81.3 Å². The van der Waals surface area contributed by atoms with E-state index in [0.29, 0.717) is 10.8 Å². The van der Waals surface area contributed by atoms with Crippen molar-refractivity contribution in [3.05, 3.63) is 23.8 Å². The smallest absolute Gasteiger partial charge is 0.0183 e. The lowest BCUT2D eigenvalue weighted by Crippen LogP contribution is -2.50. The highest BCUT2D eigenvalue weighted by molar-refractivity contribution is 9.09. The van der Waals surface area contributed by atoms with Crippen LogP contribution in [-0.4, -0.2) is 4.83 Å². The average Bonchev–Trinajstić information content (AvgIpc) is 3.06. The summed E-state index contributed by atoms with van der Waals surface area (Å²) in [6.07, 6.45) is 20.6. The third kappa shape index (κ3) is 3.82. The van der Waals surface area contributed by atoms with Crippen molar-refractivity contribution in [3.8, 4) is 0 Å². The largest absolute Gasteiger partial charge is 0.0887 e. The van der Waals surface area contributed by atoms with Crippen LogP contribution in [-0.2, 0) is 0 Å². The van der Waals surface area contributed by atoms with Crippen molar-refractivity contribution in [1.29, 1.82) is 0 Å². The maximum absolute atomic E-state index is 3.93. The van der Waals surface area contributed by atoms with Crippen LogP contribution in [0.15, 0.2) is 23.8 Å². The standard InChI is InChI=1S/C29H47Br/c1-7-21(19(2)3)9-8-20(4)25-12-13-26-24-11-10-22-18-23(30)14-16-28(22,5)27(24)15-17-29(25,26)6/h8-10,19-21,23-27H,7,11-18H2,1-6H3/b9-8+/t20-,21-,23+,24+,25-,26+,27+,28+,29-/m1/s1. The molecule has 0 aromatic rings. The molecule has 0 heterocycles. The molecular weight excluding hydrogens is 428 g/mol. The zero-order valence-electron chi connectivity index (χ0n) is 20.6. The molecule has 30 heavy (non-hydrogen) atoms. The van der Waals surface area contributed by atoms with E-state index in [-0.39, 0.29) is 0 Å². The molecule has 0 amide bonds. The van der Waals surface area contributed by atoms with Crippen LogP contribution in [0.2, 0.25) is 0 Å². The highest BCUT2D eigenvalue weighted by Gasteiger charge is 2.58. The van der Waals surface area contributed by atoms with Crippen molar-refractivity contribution in [1.82, 2.24) is 0 Å². The van der Waals surface area contributed by atoms with Crippen LogP contribution in [0.5, 0.6) is 0 Å². The Morgan fingerprint density at radius 1 is 1.03 bits per heavy atom. The SMILES string of the molecule is CC[C@H](/C=C/[C@@H](C)[C@H]1CC[C@H]2[C@@H]3CC=C4C[C@@H](Br)CC[C@]4(C)[C@H]3CC[C@]12C)C(C)C. The summed E-state index contributed by atoms with van der Waals surface area (Å²) < 4.78 is 0. The van der Waals surface area contributed by atoms with E-state index in [0.717, 1.165) is 46.3 Å². The predicted octanol–water partition coefficient (Wildman–Crippen LogP) is 9.20. The molecule has 0 aliphatic heterocycles. The van der Waals surface area contributed by atoms with Crippen LogP contribution < -0.4 is 0 Å². The minimum absolute atomic E-state index is 0.504. The molecule has 170 valence electrons. The molecule has 4 aliphatic rings. The molecule has 0 nitrogen and oxygen atoms in total. The molecular formula is C29H47Br. The van der Waals surface area contributed by atoms with Crippen molar-refractivity contribution < 1.29 is 0 Å². The van der Waals surface area contributed by atoms with Gasteiger partial charge in [0.25, 0.3) is 0 Å². The fraction of sp³-hybridized carbons (Fsp3) is 0.862. The van der Waals surface area contributed by atoms with Gasteiger partial charge in [-0.15, -0.1) is 0 Å². The zero-order valence-corrected chi connectivity index (χ0v) is 22.2. The lowest BCUT2D eigenvalue weighted by Gasteiger charge is -2.58. The van der Waals surface area contributed by atoms with E-state index in [9.17, 15) is 0 Å². The van der Waals surface area contributed by atoms with Gasteiger partial charge in [0.2, 0.25) is 0 Å². The first kappa shape index (κ1) is 23.1. The maximum atomic E-state index is 3.93. The monoisotopic (exact) mass is 474 g/mol. The van der Waals surface area contributed by atoms with Gasteiger partial charge in [0, 0.05) is 4.83 Å². The third-order valence-electron chi connectivity index (χ3n) is 10.7. The first-order valence-electron chi connectivity index (χ1n) is 13.2. The Morgan fingerprint density at radius 3 is 2.50 bits per heavy atom. The fourth-order valence-corrected chi connectivity index (χ4v) is 9.38. The van der Waals surface area contributed by atoms with Crippen LogP contribution in [0.3, 0.4) is 0 Å². The first-order chi connectivity index (χ1) is 14.2. The Bertz CT molecular complexity index is 674. The average molecular weight is 476 g/mol. The lowest BCUT2D eigenvalue weighted by molar-refractivity contribution is -0.0458. The maximum Gasteiger partial charge on any atom is 0.0183 e. The summed E-state index contributed by atoms with van der Waals surface area (Å²) in [5, 5.41) is 0. The van der Waals surface area contributed by atoms with Crippen molar-refractivity contribution in [3.63, 3.8) is 0 Å². The Labute approximate surface area is 195 Å². The van der Waals surface area contributed by atoms with Crippen molar-refractivity contribution >= 4 is 15.9 Å². The van der Waals surface area contributed by atoms with E-state index in [4.69, 9.17) is 0 Å². The van der Waals surface area contributed by atoms with E-state index >= 15 is 0 Å². The molecule has 0 N–H and O–H groups in total. The van der Waals surface area contributed by atoms with E-state index in [2.05, 4.69) is 75.7 Å². The first-order valence-corrected chi connectivity index (χ1v) is 14.1. The summed E-state index contributed by atoms with van der Waals surface area (Å²) >= 11 is 3.93. The van der Waals surface area contributed by atoms with Crippen LogP contribution in [0.25, 0.3) is 0 Å². The summed E-state index contributed by atoms with van der Waals surface area (Å²) in [4.78, 5) is 0.725. The quantitative estimate of drug-likeness (QED) is 0.275. The molecule has 1 heteroatoms. The van der Waals surface area contributed by atoms with Gasteiger partial charge >= 0.3 is 0 Å². The van der Waals surface area contributed by atoms with Crippen LogP contribution in [0.4, 0.5) is 0 Å². The fourth-order valence-electron chi connectivity index (χ4n) is 8.80. The molecule has 0 saturated heterocycles. The molecule has 3 saturated carbocycles. The molecule has 4 aliphatic carbocycles. The van der Waals surface area contributed by atoms with Gasteiger partial charge in [0.05, 0.1) is 0 Å². The highest BCUT2D eigenvalue weighted by atomic mass is 79.9. The number of rotatable bonds is 5. The van der Waals surface area contributed by atoms with Crippen molar-refractivity contribution in [2.45, 2.75) is 104 Å². The second-order valence-electron chi connectivity index (χ2n) is 12.4. The number of alkyl halides is 1. The van der Waals surface area contributed by atoms with E-state index in [1.807, 2.05) is 5.57 Å². The molecule has 9 atom stereocenters. The van der Waals surface area contributed by atoms with Gasteiger partial charge in [0.1, 0.15) is 0 Å². The molecule has 0 bridgehead atoms. The van der Waals surface area contributed by atoms with Crippen LogP contribution in [0.1, 0.15) is 99.3 Å². The molecule has 0 radical (unpaired) electrons. The third-order valence-corrected chi connectivity index (χ3v) is 11.5. The Hall–Kier alpha value is -0.0400. The number of halogens is 1. The minimum atomic E-state index is 0.504. The number of hydrogen-bond acceptors (Lipinski definition) is 0. The lowest BCUT2D eigenvalue weighted by atomic mass is 9.47. The molecule has 0 aromatic heterocycles. The summed E-state index contributed by atoms with van der Waals surface area (Å²) in [7, 11) is 0. The summed E-state index contributed by atoms with van der Waals surface area (Å²) in [5.74, 6) is 5.99. The highest BCUT2D eigenvalue weighted by Crippen LogP contribution is 2.67. The van der Waals surface area contributed by atoms with Gasteiger partial charge in [-0.25, -0.2) is 0 Å². The van der Waals surface area contributed by atoms with Gasteiger partial charge in [-0.05, 0) is 110 Å². The number of fused-ring (bicyclic) bond motifs is 5. The molecule has 3 fully saturated rings. The summed E-state index contributed by atoms with van der Waals surface area (Å²) in [6, 6.07) is 0. The van der Waals surface area contributed by atoms with Gasteiger partial charge in [-0.3, -0.25) is 0 Å². The normalized spacial score (nSPS) is 45.6.